The molecular weight excluding hydrogens is 328 g/mol. The number of pyridine rings is 1. The molecule has 1 aliphatic carbocycles. The first-order valence-electron chi connectivity index (χ1n) is 7.53. The maximum atomic E-state index is 4.75. The van der Waals surface area contributed by atoms with E-state index in [9.17, 15) is 0 Å². The first kappa shape index (κ1) is 14.4. The molecule has 21 heavy (non-hydrogen) atoms. The van der Waals surface area contributed by atoms with Gasteiger partial charge in [0.25, 0.3) is 0 Å². The predicted octanol–water partition coefficient (Wildman–Crippen LogP) is 4.00. The minimum absolute atomic E-state index is 0.724. The molecule has 0 saturated carbocycles. The summed E-state index contributed by atoms with van der Waals surface area (Å²) < 4.78 is 0.966. The molecule has 0 unspecified atom stereocenters. The molecule has 0 saturated heterocycles. The van der Waals surface area contributed by atoms with Crippen molar-refractivity contribution in [2.75, 3.05) is 11.9 Å². The van der Waals surface area contributed by atoms with E-state index in [-0.39, 0.29) is 0 Å². The quantitative estimate of drug-likeness (QED) is 0.908. The normalized spacial score (nSPS) is 13.8. The van der Waals surface area contributed by atoms with Gasteiger partial charge in [0, 0.05) is 28.5 Å². The topological polar surface area (TPSA) is 50.7 Å². The lowest BCUT2D eigenvalue weighted by Gasteiger charge is -2.19. The molecule has 1 N–H and O–H groups in total. The Bertz CT molecular complexity index is 625. The van der Waals surface area contributed by atoms with Crippen molar-refractivity contribution >= 4 is 21.7 Å². The number of halogens is 1. The van der Waals surface area contributed by atoms with Gasteiger partial charge in [0.1, 0.15) is 11.5 Å². The summed E-state index contributed by atoms with van der Waals surface area (Å²) in [5, 5.41) is 3.46. The summed E-state index contributed by atoms with van der Waals surface area (Å²) in [6.07, 6.45) is 7.44. The van der Waals surface area contributed by atoms with Crippen molar-refractivity contribution in [2.45, 2.75) is 39.0 Å². The molecule has 0 radical (unpaired) electrons. The molecule has 0 bridgehead atoms. The van der Waals surface area contributed by atoms with Gasteiger partial charge in [-0.3, -0.25) is 4.98 Å². The highest BCUT2D eigenvalue weighted by Gasteiger charge is 2.18. The van der Waals surface area contributed by atoms with Crippen molar-refractivity contribution in [3.8, 4) is 11.5 Å². The fourth-order valence-corrected chi connectivity index (χ4v) is 2.84. The van der Waals surface area contributed by atoms with Crippen molar-refractivity contribution in [3.05, 3.63) is 34.1 Å². The summed E-state index contributed by atoms with van der Waals surface area (Å²) >= 11 is 3.41. The van der Waals surface area contributed by atoms with Crippen LogP contribution in [0.2, 0.25) is 0 Å². The average Bonchev–Trinajstić information content (AvgIpc) is 2.53. The fraction of sp³-hybridized carbons (Fsp3) is 0.438. The molecule has 0 spiro atoms. The third-order valence-corrected chi connectivity index (χ3v) is 4.15. The van der Waals surface area contributed by atoms with Crippen LogP contribution < -0.4 is 5.32 Å². The molecule has 4 nitrogen and oxygen atoms in total. The van der Waals surface area contributed by atoms with Crippen LogP contribution in [0.15, 0.2) is 22.8 Å². The van der Waals surface area contributed by atoms with E-state index in [1.165, 1.54) is 24.1 Å². The minimum atomic E-state index is 0.724. The number of hydrogen-bond donors (Lipinski definition) is 1. The van der Waals surface area contributed by atoms with Crippen molar-refractivity contribution < 1.29 is 0 Å². The van der Waals surface area contributed by atoms with Crippen LogP contribution in [0, 0.1) is 0 Å². The standard InChI is InChI=1S/C16H19BrN4/c1-2-9-18-15-12-5-3-4-6-13(12)20-16(21-15)14-8-7-11(17)10-19-14/h7-8,10H,2-6,9H2,1H3,(H,18,20,21). The van der Waals surface area contributed by atoms with Crippen molar-refractivity contribution in [3.63, 3.8) is 0 Å². The fourth-order valence-electron chi connectivity index (χ4n) is 2.61. The molecule has 0 amide bonds. The van der Waals surface area contributed by atoms with Gasteiger partial charge in [0.2, 0.25) is 0 Å². The molecule has 0 fully saturated rings. The molecule has 0 aromatic carbocycles. The Morgan fingerprint density at radius 1 is 1.19 bits per heavy atom. The van der Waals surface area contributed by atoms with Crippen LogP contribution in [0.25, 0.3) is 11.5 Å². The Labute approximate surface area is 133 Å². The second-order valence-electron chi connectivity index (χ2n) is 5.32. The van der Waals surface area contributed by atoms with Crippen molar-refractivity contribution in [1.82, 2.24) is 15.0 Å². The maximum Gasteiger partial charge on any atom is 0.180 e. The number of aryl methyl sites for hydroxylation is 1. The van der Waals surface area contributed by atoms with Crippen molar-refractivity contribution in [1.29, 1.82) is 0 Å². The van der Waals surface area contributed by atoms with Crippen molar-refractivity contribution in [2.24, 2.45) is 0 Å². The number of fused-ring (bicyclic) bond motifs is 1. The van der Waals surface area contributed by atoms with Gasteiger partial charge in [0.15, 0.2) is 5.82 Å². The molecule has 5 heteroatoms. The summed E-state index contributed by atoms with van der Waals surface area (Å²) in [6.45, 7) is 3.11. The number of anilines is 1. The van der Waals surface area contributed by atoms with Gasteiger partial charge in [-0.05, 0) is 60.2 Å². The van der Waals surface area contributed by atoms with E-state index in [4.69, 9.17) is 9.97 Å². The van der Waals surface area contributed by atoms with E-state index in [1.807, 2.05) is 12.1 Å². The number of nitrogens with one attached hydrogen (secondary N) is 1. The zero-order chi connectivity index (χ0) is 14.7. The van der Waals surface area contributed by atoms with Gasteiger partial charge in [-0.1, -0.05) is 6.92 Å². The van der Waals surface area contributed by atoms with Crippen LogP contribution >= 0.6 is 15.9 Å². The Balaban J connectivity index is 2.02. The summed E-state index contributed by atoms with van der Waals surface area (Å²) in [5.74, 6) is 1.73. The van der Waals surface area contributed by atoms with Crippen LogP contribution in [0.1, 0.15) is 37.4 Å². The second kappa shape index (κ2) is 6.52. The van der Waals surface area contributed by atoms with Gasteiger partial charge in [0.05, 0.1) is 0 Å². The van der Waals surface area contributed by atoms with Gasteiger partial charge in [-0.2, -0.15) is 0 Å². The lowest BCUT2D eigenvalue weighted by Crippen LogP contribution is -2.14. The van der Waals surface area contributed by atoms with Crippen LogP contribution in [-0.4, -0.2) is 21.5 Å². The zero-order valence-corrected chi connectivity index (χ0v) is 13.8. The largest absolute Gasteiger partial charge is 0.370 e. The lowest BCUT2D eigenvalue weighted by atomic mass is 9.96. The van der Waals surface area contributed by atoms with Crippen LogP contribution in [0.5, 0.6) is 0 Å². The van der Waals surface area contributed by atoms with E-state index in [1.54, 1.807) is 6.20 Å². The van der Waals surface area contributed by atoms with Gasteiger partial charge in [-0.15, -0.1) is 0 Å². The summed E-state index contributed by atoms with van der Waals surface area (Å²) in [4.78, 5) is 13.9. The van der Waals surface area contributed by atoms with Gasteiger partial charge in [-0.25, -0.2) is 9.97 Å². The highest BCUT2D eigenvalue weighted by molar-refractivity contribution is 9.10. The lowest BCUT2D eigenvalue weighted by molar-refractivity contribution is 0.664. The Morgan fingerprint density at radius 2 is 2.05 bits per heavy atom. The molecular formula is C16H19BrN4. The third kappa shape index (κ3) is 3.23. The number of nitrogens with zero attached hydrogens (tertiary/aromatic N) is 3. The molecule has 2 heterocycles. The number of hydrogen-bond acceptors (Lipinski definition) is 4. The van der Waals surface area contributed by atoms with Crippen LogP contribution in [0.4, 0.5) is 5.82 Å². The predicted molar refractivity (Wildman–Crippen MR) is 88.4 cm³/mol. The molecule has 1 aliphatic rings. The van der Waals surface area contributed by atoms with E-state index < -0.39 is 0 Å². The molecule has 0 atom stereocenters. The second-order valence-corrected chi connectivity index (χ2v) is 6.23. The molecule has 110 valence electrons. The first-order chi connectivity index (χ1) is 10.3. The Kier molecular flexibility index (Phi) is 4.48. The van der Waals surface area contributed by atoms with E-state index in [0.29, 0.717) is 0 Å². The molecule has 3 rings (SSSR count). The van der Waals surface area contributed by atoms with Gasteiger partial charge < -0.3 is 5.32 Å². The Morgan fingerprint density at radius 3 is 2.81 bits per heavy atom. The highest BCUT2D eigenvalue weighted by Crippen LogP contribution is 2.28. The van der Waals surface area contributed by atoms with Crippen LogP contribution in [-0.2, 0) is 12.8 Å². The average molecular weight is 347 g/mol. The highest BCUT2D eigenvalue weighted by atomic mass is 79.9. The minimum Gasteiger partial charge on any atom is -0.370 e. The monoisotopic (exact) mass is 346 g/mol. The smallest absolute Gasteiger partial charge is 0.180 e. The third-order valence-electron chi connectivity index (χ3n) is 3.68. The Hall–Kier alpha value is -1.49. The summed E-state index contributed by atoms with van der Waals surface area (Å²) in [5.41, 5.74) is 3.32. The summed E-state index contributed by atoms with van der Waals surface area (Å²) in [7, 11) is 0. The number of aromatic nitrogens is 3. The van der Waals surface area contributed by atoms with E-state index in [0.717, 1.165) is 47.6 Å². The number of rotatable bonds is 4. The maximum absolute atomic E-state index is 4.75. The van der Waals surface area contributed by atoms with Gasteiger partial charge >= 0.3 is 0 Å². The zero-order valence-electron chi connectivity index (χ0n) is 12.2. The molecule has 2 aromatic rings. The molecule has 0 aliphatic heterocycles. The van der Waals surface area contributed by atoms with E-state index in [2.05, 4.69) is 33.2 Å². The summed E-state index contributed by atoms with van der Waals surface area (Å²) in [6, 6.07) is 3.93. The van der Waals surface area contributed by atoms with Crippen LogP contribution in [0.3, 0.4) is 0 Å². The van der Waals surface area contributed by atoms with E-state index >= 15 is 0 Å². The SMILES string of the molecule is CCCNc1nc(-c2ccc(Br)cn2)nc2c1CCCC2. The first-order valence-corrected chi connectivity index (χ1v) is 8.33. The molecule has 2 aromatic heterocycles.